The van der Waals surface area contributed by atoms with Crippen molar-refractivity contribution in [3.63, 3.8) is 0 Å². The molecule has 3 N–H and O–H groups in total. The minimum Gasteiger partial charge on any atom is -0.493 e. The summed E-state index contributed by atoms with van der Waals surface area (Å²) in [7, 11) is 3.00. The minimum absolute atomic E-state index is 0.00187. The van der Waals surface area contributed by atoms with Crippen molar-refractivity contribution in [3.05, 3.63) is 63.1 Å². The fourth-order valence-corrected chi connectivity index (χ4v) is 5.69. The molecule has 11 nitrogen and oxygen atoms in total. The number of ether oxygens (including phenoxy) is 3. The smallest absolute Gasteiger partial charge is 0.347 e. The normalized spacial score (nSPS) is 16.9. The molecule has 0 fully saturated rings. The fourth-order valence-electron chi connectivity index (χ4n) is 4.69. The van der Waals surface area contributed by atoms with E-state index in [4.69, 9.17) is 25.8 Å². The lowest BCUT2D eigenvalue weighted by Crippen LogP contribution is -2.46. The number of carbonyl (C=O) groups excluding carboxylic acids is 2. The second kappa shape index (κ2) is 12.7. The van der Waals surface area contributed by atoms with Crippen molar-refractivity contribution in [1.29, 1.82) is 0 Å². The number of thiazole rings is 1. The van der Waals surface area contributed by atoms with E-state index >= 15 is 0 Å². The molecule has 3 aromatic rings. The molecule has 1 aliphatic rings. The molecule has 2 amide bonds. The Bertz CT molecular complexity index is 1510. The lowest BCUT2D eigenvalue weighted by atomic mass is 9.92. The lowest BCUT2D eigenvalue weighted by Gasteiger charge is -2.32. The summed E-state index contributed by atoms with van der Waals surface area (Å²) in [5.74, 6) is -1.42. The molecule has 2 atom stereocenters. The summed E-state index contributed by atoms with van der Waals surface area (Å²) in [4.78, 5) is 44.4. The SMILES string of the molecule is COc1cccc([C@H]2O[C@H](CC(=O)Nc3nc(C)c(C(=O)O)s3)C(=O)N(CC(C)(C)CO)c3ccc(Cl)cc32)c1OC. The Labute approximate surface area is 252 Å². The van der Waals surface area contributed by atoms with Crippen LogP contribution in [-0.2, 0) is 14.3 Å². The number of halogens is 1. The molecule has 0 radical (unpaired) electrons. The highest BCUT2D eigenvalue weighted by molar-refractivity contribution is 7.17. The van der Waals surface area contributed by atoms with Gasteiger partial charge in [0.1, 0.15) is 17.1 Å². The number of aryl methyl sites for hydroxylation is 1. The number of methoxy groups -OCH3 is 2. The molecule has 1 aromatic heterocycles. The van der Waals surface area contributed by atoms with Crippen LogP contribution in [0.2, 0.25) is 5.02 Å². The lowest BCUT2D eigenvalue weighted by molar-refractivity contribution is -0.136. The largest absolute Gasteiger partial charge is 0.493 e. The number of aromatic nitrogens is 1. The van der Waals surface area contributed by atoms with Crippen molar-refractivity contribution in [2.24, 2.45) is 5.41 Å². The number of para-hydroxylation sites is 1. The number of aliphatic hydroxyl groups is 1. The highest BCUT2D eigenvalue weighted by Gasteiger charge is 2.40. The van der Waals surface area contributed by atoms with E-state index in [0.717, 1.165) is 11.3 Å². The van der Waals surface area contributed by atoms with Gasteiger partial charge in [-0.2, -0.15) is 0 Å². The van der Waals surface area contributed by atoms with Gasteiger partial charge in [0.15, 0.2) is 16.6 Å². The van der Waals surface area contributed by atoms with Gasteiger partial charge in [0.2, 0.25) is 5.91 Å². The Balaban J connectivity index is 1.80. The summed E-state index contributed by atoms with van der Waals surface area (Å²) >= 11 is 7.26. The number of nitrogens with zero attached hydrogens (tertiary/aromatic N) is 2. The number of carboxylic acids is 1. The van der Waals surface area contributed by atoms with Crippen LogP contribution in [0.25, 0.3) is 0 Å². The average molecular weight is 618 g/mol. The van der Waals surface area contributed by atoms with E-state index in [9.17, 15) is 24.6 Å². The summed E-state index contributed by atoms with van der Waals surface area (Å²) in [6.45, 7) is 5.08. The molecule has 0 unspecified atom stereocenters. The molecule has 224 valence electrons. The van der Waals surface area contributed by atoms with Crippen molar-refractivity contribution in [3.8, 4) is 11.5 Å². The Morgan fingerprint density at radius 1 is 1.19 bits per heavy atom. The molecule has 0 aliphatic carbocycles. The highest BCUT2D eigenvalue weighted by atomic mass is 35.5. The van der Waals surface area contributed by atoms with Crippen LogP contribution >= 0.6 is 22.9 Å². The molecule has 4 rings (SSSR count). The molecule has 0 spiro atoms. The molecular formula is C29H32ClN3O8S. The maximum Gasteiger partial charge on any atom is 0.347 e. The molecule has 42 heavy (non-hydrogen) atoms. The predicted octanol–water partition coefficient (Wildman–Crippen LogP) is 4.69. The van der Waals surface area contributed by atoms with Crippen LogP contribution in [0.1, 0.15) is 52.9 Å². The number of hydrogen-bond donors (Lipinski definition) is 3. The third kappa shape index (κ3) is 6.51. The van der Waals surface area contributed by atoms with Gasteiger partial charge in [-0.25, -0.2) is 9.78 Å². The van der Waals surface area contributed by atoms with Crippen molar-refractivity contribution in [2.45, 2.75) is 39.4 Å². The zero-order valence-electron chi connectivity index (χ0n) is 23.8. The number of carbonyl (C=O) groups is 3. The number of rotatable bonds is 10. The van der Waals surface area contributed by atoms with Gasteiger partial charge in [0.05, 0.1) is 26.3 Å². The van der Waals surface area contributed by atoms with Crippen LogP contribution in [0.4, 0.5) is 10.8 Å². The zero-order chi connectivity index (χ0) is 30.8. The van der Waals surface area contributed by atoms with E-state index in [2.05, 4.69) is 10.3 Å². The first-order valence-corrected chi connectivity index (χ1v) is 14.2. The number of fused-ring (bicyclic) bond motifs is 1. The second-order valence-corrected chi connectivity index (χ2v) is 12.0. The van der Waals surface area contributed by atoms with Crippen LogP contribution in [-0.4, -0.2) is 66.5 Å². The summed E-state index contributed by atoms with van der Waals surface area (Å²) in [5, 5.41) is 22.5. The van der Waals surface area contributed by atoms with Gasteiger partial charge in [-0.1, -0.05) is 48.9 Å². The Kier molecular flexibility index (Phi) is 9.41. The molecule has 0 saturated heterocycles. The van der Waals surface area contributed by atoms with Crippen LogP contribution < -0.4 is 19.7 Å². The van der Waals surface area contributed by atoms with Crippen molar-refractivity contribution < 1.29 is 38.8 Å². The zero-order valence-corrected chi connectivity index (χ0v) is 25.3. The number of anilines is 2. The summed E-state index contributed by atoms with van der Waals surface area (Å²) in [5.41, 5.74) is 1.17. The maximum atomic E-state index is 14.1. The quantitative estimate of drug-likeness (QED) is 0.295. The number of benzene rings is 2. The van der Waals surface area contributed by atoms with Gasteiger partial charge < -0.3 is 34.6 Å². The molecule has 0 bridgehead atoms. The van der Waals surface area contributed by atoms with Gasteiger partial charge >= 0.3 is 5.97 Å². The van der Waals surface area contributed by atoms with E-state index < -0.39 is 41.8 Å². The maximum absolute atomic E-state index is 14.1. The first kappa shape index (κ1) is 31.2. The molecule has 2 aromatic carbocycles. The van der Waals surface area contributed by atoms with E-state index in [0.29, 0.717) is 33.3 Å². The minimum atomic E-state index is -1.29. The Morgan fingerprint density at radius 3 is 2.55 bits per heavy atom. The van der Waals surface area contributed by atoms with Gasteiger partial charge in [-0.05, 0) is 31.2 Å². The van der Waals surface area contributed by atoms with Crippen LogP contribution in [0, 0.1) is 12.3 Å². The van der Waals surface area contributed by atoms with Crippen molar-refractivity contribution in [1.82, 2.24) is 4.98 Å². The number of hydrogen-bond acceptors (Lipinski definition) is 9. The molecule has 2 heterocycles. The predicted molar refractivity (Wildman–Crippen MR) is 158 cm³/mol. The van der Waals surface area contributed by atoms with E-state index in [1.165, 1.54) is 26.0 Å². The van der Waals surface area contributed by atoms with Crippen LogP contribution in [0.3, 0.4) is 0 Å². The molecule has 0 saturated carbocycles. The third-order valence-corrected chi connectivity index (χ3v) is 8.04. The van der Waals surface area contributed by atoms with Gasteiger partial charge in [-0.15, -0.1) is 0 Å². The molecule has 1 aliphatic heterocycles. The summed E-state index contributed by atoms with van der Waals surface area (Å²) in [6, 6.07) is 10.3. The van der Waals surface area contributed by atoms with E-state index in [1.807, 2.05) is 13.8 Å². The monoisotopic (exact) mass is 617 g/mol. The van der Waals surface area contributed by atoms with E-state index in [1.54, 1.807) is 36.4 Å². The fraction of sp³-hybridized carbons (Fsp3) is 0.379. The average Bonchev–Trinajstić information content (AvgIpc) is 3.28. The van der Waals surface area contributed by atoms with Crippen LogP contribution in [0.5, 0.6) is 11.5 Å². The third-order valence-electron chi connectivity index (χ3n) is 6.74. The van der Waals surface area contributed by atoms with Crippen LogP contribution in [0.15, 0.2) is 36.4 Å². The van der Waals surface area contributed by atoms with Gasteiger partial charge in [-0.3, -0.25) is 9.59 Å². The number of aliphatic hydroxyl groups excluding tert-OH is 1. The molecular weight excluding hydrogens is 586 g/mol. The second-order valence-electron chi connectivity index (χ2n) is 10.5. The number of carboxylic acid groups (broad SMARTS) is 1. The van der Waals surface area contributed by atoms with E-state index in [-0.39, 0.29) is 28.9 Å². The first-order valence-electron chi connectivity index (χ1n) is 13.0. The Hall–Kier alpha value is -3.71. The number of aromatic carboxylic acids is 1. The number of amides is 2. The Morgan fingerprint density at radius 2 is 1.93 bits per heavy atom. The standard InChI is InChI=1S/C29H32ClN3O8S/c1-15-25(27(37)38)42-28(31-15)32-22(35)12-21-26(36)33(13-29(2,3)14-34)19-10-9-16(30)11-18(19)23(41-21)17-7-6-8-20(39-4)24(17)40-5/h6-11,21,23,34H,12-14H2,1-5H3,(H,37,38)(H,31,32,35)/t21-,23-/m1/s1. The van der Waals surface area contributed by atoms with Crippen molar-refractivity contribution in [2.75, 3.05) is 37.6 Å². The van der Waals surface area contributed by atoms with Gasteiger partial charge in [0.25, 0.3) is 5.91 Å². The first-order chi connectivity index (χ1) is 19.9. The summed E-state index contributed by atoms with van der Waals surface area (Å²) < 4.78 is 17.6. The van der Waals surface area contributed by atoms with Gasteiger partial charge in [0, 0.05) is 40.4 Å². The topological polar surface area (TPSA) is 148 Å². The number of nitrogens with one attached hydrogen (secondary N) is 1. The van der Waals surface area contributed by atoms with Crippen molar-refractivity contribution >= 4 is 51.5 Å². The molecule has 13 heteroatoms. The highest BCUT2D eigenvalue weighted by Crippen LogP contribution is 2.45. The summed E-state index contributed by atoms with van der Waals surface area (Å²) in [6.07, 6.45) is -2.60.